The Morgan fingerprint density at radius 1 is 1.18 bits per heavy atom. The Morgan fingerprint density at radius 2 is 2.06 bits per heavy atom. The lowest BCUT2D eigenvalue weighted by atomic mass is 10.0. The monoisotopic (exact) mass is 228 g/mol. The van der Waals surface area contributed by atoms with Gasteiger partial charge in [-0.1, -0.05) is 26.3 Å². The summed E-state index contributed by atoms with van der Waals surface area (Å²) in [5, 5.41) is 0. The molecule has 0 unspecified atom stereocenters. The number of imidazole rings is 1. The van der Waals surface area contributed by atoms with Crippen LogP contribution >= 0.6 is 0 Å². The fourth-order valence-corrected chi connectivity index (χ4v) is 2.73. The molecule has 0 saturated carbocycles. The zero-order valence-corrected chi connectivity index (χ0v) is 10.7. The standard InChI is InChI=1S/C15H20N2/c1-11(2)12-7-8-14-13(10-12)16-15-6-4-3-5-9-17(14)15/h7-8,10-11H,3-6,9H2,1-2H3. The summed E-state index contributed by atoms with van der Waals surface area (Å²) < 4.78 is 2.42. The van der Waals surface area contributed by atoms with E-state index in [1.54, 1.807) is 0 Å². The van der Waals surface area contributed by atoms with Crippen LogP contribution in [-0.2, 0) is 13.0 Å². The number of hydrogen-bond donors (Lipinski definition) is 0. The maximum absolute atomic E-state index is 4.82. The highest BCUT2D eigenvalue weighted by molar-refractivity contribution is 5.77. The molecule has 1 aliphatic rings. The van der Waals surface area contributed by atoms with E-state index in [-0.39, 0.29) is 0 Å². The number of fused-ring (bicyclic) bond motifs is 3. The van der Waals surface area contributed by atoms with Gasteiger partial charge in [-0.25, -0.2) is 4.98 Å². The lowest BCUT2D eigenvalue weighted by molar-refractivity contribution is 0.647. The van der Waals surface area contributed by atoms with Crippen molar-refractivity contribution in [2.24, 2.45) is 0 Å². The van der Waals surface area contributed by atoms with Gasteiger partial charge in [-0.05, 0) is 36.5 Å². The predicted molar refractivity (Wildman–Crippen MR) is 71.4 cm³/mol. The van der Waals surface area contributed by atoms with E-state index in [0.29, 0.717) is 5.92 Å². The molecule has 2 heteroatoms. The molecule has 2 heterocycles. The average molecular weight is 228 g/mol. The first kappa shape index (κ1) is 10.8. The van der Waals surface area contributed by atoms with Crippen molar-refractivity contribution in [2.75, 3.05) is 0 Å². The van der Waals surface area contributed by atoms with Crippen molar-refractivity contribution in [1.82, 2.24) is 9.55 Å². The van der Waals surface area contributed by atoms with Gasteiger partial charge in [0.25, 0.3) is 0 Å². The van der Waals surface area contributed by atoms with E-state index in [4.69, 9.17) is 4.98 Å². The summed E-state index contributed by atoms with van der Waals surface area (Å²) in [5.74, 6) is 1.87. The van der Waals surface area contributed by atoms with Crippen LogP contribution in [0.1, 0.15) is 50.4 Å². The third-order valence-corrected chi connectivity index (χ3v) is 3.80. The number of aromatic nitrogens is 2. The Kier molecular flexibility index (Phi) is 2.65. The first-order valence-corrected chi connectivity index (χ1v) is 6.75. The second kappa shape index (κ2) is 4.17. The zero-order valence-electron chi connectivity index (χ0n) is 10.7. The molecular weight excluding hydrogens is 208 g/mol. The Bertz CT molecular complexity index is 537. The van der Waals surface area contributed by atoms with Crippen LogP contribution in [0.4, 0.5) is 0 Å². The van der Waals surface area contributed by atoms with Gasteiger partial charge in [0.05, 0.1) is 11.0 Å². The Labute approximate surface area is 103 Å². The fraction of sp³-hybridized carbons (Fsp3) is 0.533. The third-order valence-electron chi connectivity index (χ3n) is 3.80. The van der Waals surface area contributed by atoms with E-state index >= 15 is 0 Å². The average Bonchev–Trinajstić information content (AvgIpc) is 2.50. The number of benzene rings is 1. The molecule has 0 spiro atoms. The van der Waals surface area contributed by atoms with E-state index in [9.17, 15) is 0 Å². The number of hydrogen-bond acceptors (Lipinski definition) is 1. The molecule has 2 nitrogen and oxygen atoms in total. The second-order valence-electron chi connectivity index (χ2n) is 5.39. The third kappa shape index (κ3) is 1.86. The van der Waals surface area contributed by atoms with Gasteiger partial charge in [0, 0.05) is 13.0 Å². The molecule has 1 aromatic heterocycles. The van der Waals surface area contributed by atoms with E-state index in [1.807, 2.05) is 0 Å². The van der Waals surface area contributed by atoms with Crippen LogP contribution in [0.5, 0.6) is 0 Å². The molecule has 0 saturated heterocycles. The highest BCUT2D eigenvalue weighted by atomic mass is 15.1. The molecule has 0 fully saturated rings. The van der Waals surface area contributed by atoms with Gasteiger partial charge in [0.15, 0.2) is 0 Å². The van der Waals surface area contributed by atoms with Crippen molar-refractivity contribution in [1.29, 1.82) is 0 Å². The smallest absolute Gasteiger partial charge is 0.109 e. The van der Waals surface area contributed by atoms with Crippen LogP contribution in [0.15, 0.2) is 18.2 Å². The van der Waals surface area contributed by atoms with Gasteiger partial charge in [-0.3, -0.25) is 0 Å². The summed E-state index contributed by atoms with van der Waals surface area (Å²) in [5.41, 5.74) is 3.91. The molecule has 0 N–H and O–H groups in total. The van der Waals surface area contributed by atoms with Crippen LogP contribution in [0.2, 0.25) is 0 Å². The van der Waals surface area contributed by atoms with Crippen LogP contribution in [0, 0.1) is 0 Å². The molecule has 17 heavy (non-hydrogen) atoms. The van der Waals surface area contributed by atoms with Crippen molar-refractivity contribution >= 4 is 11.0 Å². The minimum Gasteiger partial charge on any atom is -0.328 e. The van der Waals surface area contributed by atoms with Gasteiger partial charge >= 0.3 is 0 Å². The molecule has 0 radical (unpaired) electrons. The largest absolute Gasteiger partial charge is 0.328 e. The van der Waals surface area contributed by atoms with Gasteiger partial charge in [0.2, 0.25) is 0 Å². The van der Waals surface area contributed by atoms with E-state index in [2.05, 4.69) is 36.6 Å². The second-order valence-corrected chi connectivity index (χ2v) is 5.39. The van der Waals surface area contributed by atoms with Crippen molar-refractivity contribution in [3.8, 4) is 0 Å². The molecule has 90 valence electrons. The number of rotatable bonds is 1. The first-order valence-electron chi connectivity index (χ1n) is 6.75. The van der Waals surface area contributed by atoms with Crippen LogP contribution < -0.4 is 0 Å². The molecule has 0 aliphatic carbocycles. The molecule has 0 amide bonds. The first-order chi connectivity index (χ1) is 8.25. The van der Waals surface area contributed by atoms with Gasteiger partial charge in [-0.15, -0.1) is 0 Å². The SMILES string of the molecule is CC(C)c1ccc2c(c1)nc1n2CCCCC1. The highest BCUT2D eigenvalue weighted by Gasteiger charge is 2.13. The number of nitrogens with zero attached hydrogens (tertiary/aromatic N) is 2. The fourth-order valence-electron chi connectivity index (χ4n) is 2.73. The van der Waals surface area contributed by atoms with Crippen molar-refractivity contribution in [3.63, 3.8) is 0 Å². The van der Waals surface area contributed by atoms with Crippen molar-refractivity contribution < 1.29 is 0 Å². The lowest BCUT2D eigenvalue weighted by Crippen LogP contribution is -2.00. The van der Waals surface area contributed by atoms with Crippen LogP contribution in [0.25, 0.3) is 11.0 Å². The van der Waals surface area contributed by atoms with E-state index < -0.39 is 0 Å². The van der Waals surface area contributed by atoms with Crippen molar-refractivity contribution in [3.05, 3.63) is 29.6 Å². The predicted octanol–water partition coefficient (Wildman–Crippen LogP) is 3.89. The summed E-state index contributed by atoms with van der Waals surface area (Å²) in [7, 11) is 0. The normalized spacial score (nSPS) is 16.2. The summed E-state index contributed by atoms with van der Waals surface area (Å²) in [6, 6.07) is 6.78. The van der Waals surface area contributed by atoms with Gasteiger partial charge < -0.3 is 4.57 Å². The van der Waals surface area contributed by atoms with Gasteiger partial charge in [0.1, 0.15) is 5.82 Å². The lowest BCUT2D eigenvalue weighted by Gasteiger charge is -2.06. The Morgan fingerprint density at radius 3 is 2.88 bits per heavy atom. The van der Waals surface area contributed by atoms with Crippen LogP contribution in [0.3, 0.4) is 0 Å². The van der Waals surface area contributed by atoms with Crippen molar-refractivity contribution in [2.45, 2.75) is 52.0 Å². The molecule has 3 rings (SSSR count). The topological polar surface area (TPSA) is 17.8 Å². The minimum absolute atomic E-state index is 0.584. The zero-order chi connectivity index (χ0) is 11.8. The summed E-state index contributed by atoms with van der Waals surface area (Å²) >= 11 is 0. The molecule has 1 aromatic carbocycles. The van der Waals surface area contributed by atoms with E-state index in [0.717, 1.165) is 13.0 Å². The Hall–Kier alpha value is -1.31. The summed E-state index contributed by atoms with van der Waals surface area (Å²) in [6.45, 7) is 5.62. The molecule has 2 aromatic rings. The maximum Gasteiger partial charge on any atom is 0.109 e. The molecule has 0 atom stereocenters. The minimum atomic E-state index is 0.584. The quantitative estimate of drug-likeness (QED) is 0.724. The van der Waals surface area contributed by atoms with Crippen LogP contribution in [-0.4, -0.2) is 9.55 Å². The maximum atomic E-state index is 4.82. The number of aryl methyl sites for hydroxylation is 2. The summed E-state index contributed by atoms with van der Waals surface area (Å²) in [6.07, 6.45) is 5.07. The summed E-state index contributed by atoms with van der Waals surface area (Å²) in [4.78, 5) is 4.82. The van der Waals surface area contributed by atoms with Gasteiger partial charge in [-0.2, -0.15) is 0 Å². The molecule has 1 aliphatic heterocycles. The Balaban J connectivity index is 2.14. The highest BCUT2D eigenvalue weighted by Crippen LogP contribution is 2.25. The van der Waals surface area contributed by atoms with E-state index in [1.165, 1.54) is 41.7 Å². The molecule has 0 bridgehead atoms. The molecular formula is C15H20N2.